The number of carbonyl (C=O) groups is 1. The Morgan fingerprint density at radius 2 is 2.32 bits per heavy atom. The lowest BCUT2D eigenvalue weighted by molar-refractivity contribution is 0.0784. The molecule has 2 aromatic heterocycles. The highest BCUT2D eigenvalue weighted by molar-refractivity contribution is 7.09. The van der Waals surface area contributed by atoms with Gasteiger partial charge >= 0.3 is 0 Å². The summed E-state index contributed by atoms with van der Waals surface area (Å²) in [5.74, 6) is -0.946. The fraction of sp³-hybridized carbons (Fsp3) is 0.250. The first kappa shape index (κ1) is 13.4. The van der Waals surface area contributed by atoms with Crippen LogP contribution in [0.3, 0.4) is 0 Å². The quantitative estimate of drug-likeness (QED) is 0.931. The molecule has 1 amide bonds. The van der Waals surface area contributed by atoms with Gasteiger partial charge < -0.3 is 10.6 Å². The van der Waals surface area contributed by atoms with Crippen molar-refractivity contribution in [2.24, 2.45) is 0 Å². The van der Waals surface area contributed by atoms with Gasteiger partial charge in [0.2, 0.25) is 0 Å². The van der Waals surface area contributed by atoms with Crippen molar-refractivity contribution < 1.29 is 9.18 Å². The number of nitrogens with zero attached hydrogens (tertiary/aromatic N) is 3. The van der Waals surface area contributed by atoms with E-state index in [0.29, 0.717) is 6.54 Å². The zero-order chi connectivity index (χ0) is 14.0. The van der Waals surface area contributed by atoms with E-state index in [1.807, 2.05) is 12.3 Å². The number of carbonyl (C=O) groups excluding carboxylic acids is 1. The number of nitrogens with two attached hydrogens (primary N) is 1. The van der Waals surface area contributed by atoms with Gasteiger partial charge in [-0.3, -0.25) is 4.79 Å². The molecule has 7 heteroatoms. The SMILES string of the molecule is Cc1nc(CN(C)C(=O)c2cc(F)cnc2N)cs1. The third-order valence-electron chi connectivity index (χ3n) is 2.53. The molecule has 5 nitrogen and oxygen atoms in total. The van der Waals surface area contributed by atoms with Gasteiger partial charge in [-0.2, -0.15) is 0 Å². The number of rotatable bonds is 3. The van der Waals surface area contributed by atoms with Crippen molar-refractivity contribution in [3.8, 4) is 0 Å². The second-order valence-corrected chi connectivity index (χ2v) is 5.17. The zero-order valence-electron chi connectivity index (χ0n) is 10.6. The van der Waals surface area contributed by atoms with Gasteiger partial charge in [-0.25, -0.2) is 14.4 Å². The van der Waals surface area contributed by atoms with E-state index in [4.69, 9.17) is 5.73 Å². The minimum Gasteiger partial charge on any atom is -0.383 e. The molecular formula is C12H13FN4OS. The predicted octanol–water partition coefficient (Wildman–Crippen LogP) is 1.84. The van der Waals surface area contributed by atoms with E-state index in [9.17, 15) is 9.18 Å². The Bertz CT molecular complexity index is 614. The van der Waals surface area contributed by atoms with Gasteiger partial charge in [-0.15, -0.1) is 11.3 Å². The molecule has 0 aliphatic heterocycles. The van der Waals surface area contributed by atoms with Crippen LogP contribution in [-0.2, 0) is 6.54 Å². The first-order valence-electron chi connectivity index (χ1n) is 5.55. The van der Waals surface area contributed by atoms with Gasteiger partial charge in [-0.05, 0) is 13.0 Å². The molecule has 0 fully saturated rings. The lowest BCUT2D eigenvalue weighted by Crippen LogP contribution is -2.27. The number of aromatic nitrogens is 2. The number of hydrogen-bond donors (Lipinski definition) is 1. The number of anilines is 1. The second kappa shape index (κ2) is 5.31. The maximum atomic E-state index is 13.1. The number of hydrogen-bond acceptors (Lipinski definition) is 5. The van der Waals surface area contributed by atoms with Gasteiger partial charge in [0.25, 0.3) is 5.91 Å². The molecule has 0 unspecified atom stereocenters. The van der Waals surface area contributed by atoms with Gasteiger partial charge in [0, 0.05) is 12.4 Å². The normalized spacial score (nSPS) is 10.5. The van der Waals surface area contributed by atoms with E-state index in [1.54, 1.807) is 7.05 Å². The Kier molecular flexibility index (Phi) is 3.75. The van der Waals surface area contributed by atoms with Gasteiger partial charge in [0.05, 0.1) is 29.0 Å². The van der Waals surface area contributed by atoms with Crippen molar-refractivity contribution in [3.05, 3.63) is 39.7 Å². The Labute approximate surface area is 113 Å². The maximum Gasteiger partial charge on any atom is 0.257 e. The number of halogens is 1. The van der Waals surface area contributed by atoms with Crippen LogP contribution in [0.15, 0.2) is 17.6 Å². The molecule has 0 aliphatic rings. The minimum atomic E-state index is -0.588. The van der Waals surface area contributed by atoms with E-state index in [1.165, 1.54) is 16.2 Å². The smallest absolute Gasteiger partial charge is 0.257 e. The molecule has 2 aromatic rings. The number of nitrogen functional groups attached to an aromatic ring is 1. The molecule has 0 aromatic carbocycles. The van der Waals surface area contributed by atoms with Crippen molar-refractivity contribution >= 4 is 23.1 Å². The molecule has 0 spiro atoms. The van der Waals surface area contributed by atoms with E-state index in [0.717, 1.165) is 23.0 Å². The highest BCUT2D eigenvalue weighted by Gasteiger charge is 2.17. The summed E-state index contributed by atoms with van der Waals surface area (Å²) in [5, 5.41) is 2.81. The maximum absolute atomic E-state index is 13.1. The second-order valence-electron chi connectivity index (χ2n) is 4.11. The fourth-order valence-corrected chi connectivity index (χ4v) is 2.23. The lowest BCUT2D eigenvalue weighted by atomic mass is 10.2. The third-order valence-corrected chi connectivity index (χ3v) is 3.35. The monoisotopic (exact) mass is 280 g/mol. The molecule has 0 saturated heterocycles. The van der Waals surface area contributed by atoms with Crippen LogP contribution < -0.4 is 5.73 Å². The molecular weight excluding hydrogens is 267 g/mol. The molecule has 2 N–H and O–H groups in total. The van der Waals surface area contributed by atoms with Crippen LogP contribution >= 0.6 is 11.3 Å². The van der Waals surface area contributed by atoms with Crippen molar-refractivity contribution in [1.82, 2.24) is 14.9 Å². The van der Waals surface area contributed by atoms with Crippen LogP contribution in [0.1, 0.15) is 21.1 Å². The van der Waals surface area contributed by atoms with Crippen LogP contribution in [0.2, 0.25) is 0 Å². The molecule has 0 bridgehead atoms. The Balaban J connectivity index is 2.16. The van der Waals surface area contributed by atoms with Crippen LogP contribution in [0.4, 0.5) is 10.2 Å². The molecule has 0 saturated carbocycles. The molecule has 0 atom stereocenters. The summed E-state index contributed by atoms with van der Waals surface area (Å²) in [6.07, 6.45) is 0.982. The van der Waals surface area contributed by atoms with Gasteiger partial charge in [0.1, 0.15) is 11.6 Å². The highest BCUT2D eigenvalue weighted by atomic mass is 32.1. The summed E-state index contributed by atoms with van der Waals surface area (Å²) in [7, 11) is 1.61. The van der Waals surface area contributed by atoms with Gasteiger partial charge in [0.15, 0.2) is 0 Å². The van der Waals surface area contributed by atoms with E-state index in [-0.39, 0.29) is 17.3 Å². The van der Waals surface area contributed by atoms with E-state index in [2.05, 4.69) is 9.97 Å². The van der Waals surface area contributed by atoms with Crippen molar-refractivity contribution in [3.63, 3.8) is 0 Å². The van der Waals surface area contributed by atoms with Crippen LogP contribution in [0.5, 0.6) is 0 Å². The summed E-state index contributed by atoms with van der Waals surface area (Å²) in [6.45, 7) is 2.24. The molecule has 0 radical (unpaired) electrons. The van der Waals surface area contributed by atoms with Crippen molar-refractivity contribution in [2.75, 3.05) is 12.8 Å². The average Bonchev–Trinajstić information content (AvgIpc) is 2.77. The first-order valence-corrected chi connectivity index (χ1v) is 6.43. The lowest BCUT2D eigenvalue weighted by Gasteiger charge is -2.16. The summed E-state index contributed by atoms with van der Waals surface area (Å²) < 4.78 is 13.1. The number of thiazole rings is 1. The van der Waals surface area contributed by atoms with Gasteiger partial charge in [-0.1, -0.05) is 0 Å². The summed E-state index contributed by atoms with van der Waals surface area (Å²) in [6, 6.07) is 1.09. The van der Waals surface area contributed by atoms with E-state index < -0.39 is 5.82 Å². The Morgan fingerprint density at radius 3 is 2.95 bits per heavy atom. The zero-order valence-corrected chi connectivity index (χ0v) is 11.4. The summed E-state index contributed by atoms with van der Waals surface area (Å²) >= 11 is 1.51. The highest BCUT2D eigenvalue weighted by Crippen LogP contribution is 2.15. The molecule has 0 aliphatic carbocycles. The Hall–Kier alpha value is -2.02. The van der Waals surface area contributed by atoms with Crippen LogP contribution in [-0.4, -0.2) is 27.8 Å². The number of amides is 1. The first-order chi connectivity index (χ1) is 8.97. The molecule has 100 valence electrons. The topological polar surface area (TPSA) is 72.1 Å². The molecule has 2 heterocycles. The van der Waals surface area contributed by atoms with E-state index >= 15 is 0 Å². The third kappa shape index (κ3) is 3.05. The minimum absolute atomic E-state index is 0.0210. The van der Waals surface area contributed by atoms with Crippen molar-refractivity contribution in [1.29, 1.82) is 0 Å². The largest absolute Gasteiger partial charge is 0.383 e. The van der Waals surface area contributed by atoms with Crippen molar-refractivity contribution in [2.45, 2.75) is 13.5 Å². The standard InChI is InChI=1S/C12H13FN4OS/c1-7-16-9(6-19-7)5-17(2)12(18)10-3-8(13)4-15-11(10)14/h3-4,6H,5H2,1-2H3,(H2,14,15). The number of aryl methyl sites for hydroxylation is 1. The molecule has 19 heavy (non-hydrogen) atoms. The average molecular weight is 280 g/mol. The van der Waals surface area contributed by atoms with Crippen LogP contribution in [0, 0.1) is 12.7 Å². The number of pyridine rings is 1. The summed E-state index contributed by atoms with van der Waals surface area (Å²) in [4.78, 5) is 21.5. The Morgan fingerprint density at radius 1 is 1.58 bits per heavy atom. The predicted molar refractivity (Wildman–Crippen MR) is 71.3 cm³/mol. The molecule has 2 rings (SSSR count). The summed E-state index contributed by atoms with van der Waals surface area (Å²) in [5.41, 5.74) is 6.44. The van der Waals surface area contributed by atoms with Crippen LogP contribution in [0.25, 0.3) is 0 Å². The fourth-order valence-electron chi connectivity index (χ4n) is 1.62.